The van der Waals surface area contributed by atoms with E-state index in [2.05, 4.69) is 41.8 Å². The molecule has 0 radical (unpaired) electrons. The highest BCUT2D eigenvalue weighted by Crippen LogP contribution is 2.30. The molecule has 0 spiro atoms. The summed E-state index contributed by atoms with van der Waals surface area (Å²) < 4.78 is 0. The second kappa shape index (κ2) is 2.78. The quantitative estimate of drug-likeness (QED) is 0.592. The van der Waals surface area contributed by atoms with Crippen LogP contribution in [0.3, 0.4) is 0 Å². The maximum Gasteiger partial charge on any atom is 0.0126 e. The van der Waals surface area contributed by atoms with Crippen molar-refractivity contribution in [2.75, 3.05) is 5.75 Å². The van der Waals surface area contributed by atoms with Crippen LogP contribution in [-0.4, -0.2) is 5.75 Å². The number of fused-ring (bicyclic) bond motifs is 2. The van der Waals surface area contributed by atoms with Crippen molar-refractivity contribution in [1.82, 2.24) is 0 Å². The third kappa shape index (κ3) is 1.15. The first-order valence-electron chi connectivity index (χ1n) is 4.54. The smallest absolute Gasteiger partial charge is 0.0126 e. The Kier molecular flexibility index (Phi) is 1.59. The molecule has 3 rings (SSSR count). The second-order valence-electron chi connectivity index (χ2n) is 3.50. The predicted octanol–water partition coefficient (Wildman–Crippen LogP) is 1.51. The first-order chi connectivity index (χ1) is 6.43. The summed E-state index contributed by atoms with van der Waals surface area (Å²) in [7, 11) is 0. The van der Waals surface area contributed by atoms with Gasteiger partial charge in [0.25, 0.3) is 0 Å². The molecule has 1 atom stereocenters. The monoisotopic (exact) mass is 186 g/mol. The van der Waals surface area contributed by atoms with Crippen LogP contribution < -0.4 is 10.4 Å². The van der Waals surface area contributed by atoms with E-state index in [0.29, 0.717) is 5.92 Å². The van der Waals surface area contributed by atoms with Crippen LogP contribution in [0.1, 0.15) is 0 Å². The first-order valence-corrected chi connectivity index (χ1v) is 5.59. The molecule has 1 heteroatoms. The van der Waals surface area contributed by atoms with Crippen molar-refractivity contribution in [3.63, 3.8) is 0 Å². The van der Waals surface area contributed by atoms with Gasteiger partial charge in [0.2, 0.25) is 0 Å². The van der Waals surface area contributed by atoms with Crippen LogP contribution in [-0.2, 0) is 0 Å². The Hall–Kier alpha value is -0.950. The molecule has 1 unspecified atom stereocenters. The summed E-state index contributed by atoms with van der Waals surface area (Å²) in [6.07, 6.45) is 4.71. The molecule has 1 aliphatic heterocycles. The predicted molar refractivity (Wildman–Crippen MR) is 58.7 cm³/mol. The van der Waals surface area contributed by atoms with Crippen LogP contribution in [0, 0.1) is 5.92 Å². The molecule has 0 bridgehead atoms. The highest BCUT2D eigenvalue weighted by molar-refractivity contribution is 8.02. The minimum atomic E-state index is 0.667. The molecule has 1 heterocycles. The van der Waals surface area contributed by atoms with Gasteiger partial charge in [-0.2, -0.15) is 0 Å². The van der Waals surface area contributed by atoms with Crippen LogP contribution >= 0.6 is 11.8 Å². The summed E-state index contributed by atoms with van der Waals surface area (Å²) in [5.41, 5.74) is 1.49. The molecule has 0 amide bonds. The average molecular weight is 186 g/mol. The zero-order valence-electron chi connectivity index (χ0n) is 7.23. The van der Waals surface area contributed by atoms with Gasteiger partial charge in [0.1, 0.15) is 0 Å². The largest absolute Gasteiger partial charge is 0.133 e. The third-order valence-electron chi connectivity index (χ3n) is 2.62. The van der Waals surface area contributed by atoms with Crippen LogP contribution in [0.2, 0.25) is 0 Å². The minimum Gasteiger partial charge on any atom is -0.133 e. The number of allylic oxidation sites excluding steroid dienone is 1. The van der Waals surface area contributed by atoms with E-state index in [9.17, 15) is 0 Å². The molecular weight excluding hydrogens is 176 g/mol. The molecule has 13 heavy (non-hydrogen) atoms. The lowest BCUT2D eigenvalue weighted by atomic mass is 9.95. The fraction of sp³-hybridized carbons (Fsp3) is 0.167. The summed E-state index contributed by atoms with van der Waals surface area (Å²) in [6.45, 7) is 0. The van der Waals surface area contributed by atoms with Crippen molar-refractivity contribution >= 4 is 23.9 Å². The lowest BCUT2D eigenvalue weighted by molar-refractivity contribution is 0.982. The Balaban J connectivity index is 2.34. The van der Waals surface area contributed by atoms with Crippen LogP contribution in [0.5, 0.6) is 0 Å². The first kappa shape index (κ1) is 7.45. The lowest BCUT2D eigenvalue weighted by Crippen LogP contribution is -2.29. The fourth-order valence-electron chi connectivity index (χ4n) is 1.91. The Labute approximate surface area is 81.7 Å². The molecule has 64 valence electrons. The van der Waals surface area contributed by atoms with Crippen molar-refractivity contribution in [3.05, 3.63) is 45.7 Å². The molecule has 1 aliphatic carbocycles. The van der Waals surface area contributed by atoms with Gasteiger partial charge in [-0.05, 0) is 21.4 Å². The fourth-order valence-corrected chi connectivity index (χ4v) is 2.93. The van der Waals surface area contributed by atoms with E-state index >= 15 is 0 Å². The van der Waals surface area contributed by atoms with E-state index in [0.717, 1.165) is 0 Å². The van der Waals surface area contributed by atoms with E-state index < -0.39 is 0 Å². The Morgan fingerprint density at radius 3 is 2.92 bits per heavy atom. The molecule has 0 aromatic heterocycles. The summed E-state index contributed by atoms with van der Waals surface area (Å²) in [6, 6.07) is 8.60. The van der Waals surface area contributed by atoms with E-state index in [1.807, 2.05) is 11.8 Å². The Bertz CT molecular complexity index is 482. The molecule has 0 saturated heterocycles. The van der Waals surface area contributed by atoms with E-state index in [1.54, 1.807) is 0 Å². The van der Waals surface area contributed by atoms with Gasteiger partial charge >= 0.3 is 0 Å². The topological polar surface area (TPSA) is 0 Å². The molecule has 1 aromatic rings. The highest BCUT2D eigenvalue weighted by atomic mass is 32.2. The number of thioether (sulfide) groups is 1. The van der Waals surface area contributed by atoms with E-state index in [-0.39, 0.29) is 0 Å². The molecule has 2 aliphatic rings. The molecule has 0 saturated carbocycles. The summed E-state index contributed by atoms with van der Waals surface area (Å²) in [5.74, 6) is 1.89. The number of hydrogen-bond acceptors (Lipinski definition) is 1. The molecule has 0 fully saturated rings. The third-order valence-corrected chi connectivity index (χ3v) is 3.61. The average Bonchev–Trinajstić information content (AvgIpc) is 2.61. The SMILES string of the molecule is C1=C2C=c3ccccc3=CC2CS1. The van der Waals surface area contributed by atoms with E-state index in [1.165, 1.54) is 21.8 Å². The minimum absolute atomic E-state index is 0.667. The van der Waals surface area contributed by atoms with Gasteiger partial charge in [0.15, 0.2) is 0 Å². The van der Waals surface area contributed by atoms with Crippen molar-refractivity contribution in [3.8, 4) is 0 Å². The van der Waals surface area contributed by atoms with Crippen molar-refractivity contribution in [2.45, 2.75) is 0 Å². The van der Waals surface area contributed by atoms with Gasteiger partial charge in [-0.15, -0.1) is 11.8 Å². The number of benzene rings is 1. The van der Waals surface area contributed by atoms with Gasteiger partial charge < -0.3 is 0 Å². The maximum atomic E-state index is 2.39. The maximum absolute atomic E-state index is 2.39. The summed E-state index contributed by atoms with van der Waals surface area (Å²) in [5, 5.41) is 5.05. The number of rotatable bonds is 0. The van der Waals surface area contributed by atoms with Crippen molar-refractivity contribution in [2.24, 2.45) is 5.92 Å². The molecular formula is C12H10S. The molecule has 1 aromatic carbocycles. The van der Waals surface area contributed by atoms with E-state index in [4.69, 9.17) is 0 Å². The normalized spacial score (nSPS) is 23.7. The second-order valence-corrected chi connectivity index (χ2v) is 4.40. The van der Waals surface area contributed by atoms with Gasteiger partial charge in [-0.1, -0.05) is 36.4 Å². The highest BCUT2D eigenvalue weighted by Gasteiger charge is 2.17. The number of hydrogen-bond donors (Lipinski definition) is 0. The van der Waals surface area contributed by atoms with Gasteiger partial charge in [-0.3, -0.25) is 0 Å². The Morgan fingerprint density at radius 2 is 2.00 bits per heavy atom. The lowest BCUT2D eigenvalue weighted by Gasteiger charge is -2.09. The van der Waals surface area contributed by atoms with Gasteiger partial charge in [0.05, 0.1) is 0 Å². The summed E-state index contributed by atoms with van der Waals surface area (Å²) in [4.78, 5) is 0. The van der Waals surface area contributed by atoms with Gasteiger partial charge in [-0.25, -0.2) is 0 Å². The van der Waals surface area contributed by atoms with Crippen LogP contribution in [0.25, 0.3) is 12.2 Å². The van der Waals surface area contributed by atoms with Crippen molar-refractivity contribution in [1.29, 1.82) is 0 Å². The molecule has 0 N–H and O–H groups in total. The summed E-state index contributed by atoms with van der Waals surface area (Å²) >= 11 is 1.93. The zero-order chi connectivity index (χ0) is 8.67. The standard InChI is InChI=1S/C12H10S/c1-2-4-10-6-12-8-13-7-11(12)5-9(10)3-1/h1-7,12H,8H2. The Morgan fingerprint density at radius 1 is 1.15 bits per heavy atom. The van der Waals surface area contributed by atoms with Crippen LogP contribution in [0.4, 0.5) is 0 Å². The van der Waals surface area contributed by atoms with Crippen LogP contribution in [0.15, 0.2) is 35.2 Å². The van der Waals surface area contributed by atoms with Gasteiger partial charge in [0, 0.05) is 11.7 Å². The molecule has 0 nitrogen and oxygen atoms in total. The van der Waals surface area contributed by atoms with Crippen molar-refractivity contribution < 1.29 is 0 Å². The zero-order valence-corrected chi connectivity index (χ0v) is 8.05.